The smallest absolute Gasteiger partial charge is 0.281 e. The van der Waals surface area contributed by atoms with Crippen LogP contribution in [-0.4, -0.2) is 61.8 Å². The number of ether oxygens (including phenoxy) is 1. The molecule has 0 amide bonds. The predicted molar refractivity (Wildman–Crippen MR) is 62.3 cm³/mol. The van der Waals surface area contributed by atoms with E-state index in [4.69, 9.17) is 4.74 Å². The van der Waals surface area contributed by atoms with Gasteiger partial charge >= 0.3 is 0 Å². The van der Waals surface area contributed by atoms with E-state index in [1.54, 1.807) is 14.1 Å². The zero-order chi connectivity index (χ0) is 11.6. The van der Waals surface area contributed by atoms with Gasteiger partial charge in [-0.25, -0.2) is 0 Å². The molecular formula is C8H17BrN2O3S. The fraction of sp³-hybridized carbons (Fsp3) is 1.00. The minimum absolute atomic E-state index is 0.0592. The summed E-state index contributed by atoms with van der Waals surface area (Å²) < 4.78 is 32.0. The van der Waals surface area contributed by atoms with Gasteiger partial charge in [0.1, 0.15) is 0 Å². The lowest BCUT2D eigenvalue weighted by Gasteiger charge is -2.36. The number of alkyl halides is 1. The van der Waals surface area contributed by atoms with Gasteiger partial charge in [0.2, 0.25) is 0 Å². The van der Waals surface area contributed by atoms with E-state index in [0.29, 0.717) is 18.4 Å². The maximum Gasteiger partial charge on any atom is 0.281 e. The number of hydrogen-bond acceptors (Lipinski definition) is 3. The van der Waals surface area contributed by atoms with Crippen LogP contribution in [0, 0.1) is 0 Å². The standard InChI is InChI=1S/C8H17BrN2O3S/c1-7-5-11(6-8(4-9)14-7)15(12,13)10(2)3/h7-8H,4-6H2,1-3H3. The van der Waals surface area contributed by atoms with Crippen molar-refractivity contribution in [2.45, 2.75) is 19.1 Å². The largest absolute Gasteiger partial charge is 0.372 e. The van der Waals surface area contributed by atoms with E-state index in [2.05, 4.69) is 15.9 Å². The van der Waals surface area contributed by atoms with Gasteiger partial charge < -0.3 is 4.74 Å². The lowest BCUT2D eigenvalue weighted by atomic mass is 10.3. The van der Waals surface area contributed by atoms with Crippen molar-refractivity contribution in [1.82, 2.24) is 8.61 Å². The summed E-state index contributed by atoms with van der Waals surface area (Å²) in [5.74, 6) is 0. The molecule has 2 atom stereocenters. The van der Waals surface area contributed by atoms with Crippen molar-refractivity contribution in [3.63, 3.8) is 0 Å². The van der Waals surface area contributed by atoms with Gasteiger partial charge in [-0.15, -0.1) is 0 Å². The van der Waals surface area contributed by atoms with Crippen molar-refractivity contribution >= 4 is 26.1 Å². The molecule has 1 heterocycles. The summed E-state index contributed by atoms with van der Waals surface area (Å²) >= 11 is 3.31. The third-order valence-corrected chi connectivity index (χ3v) is 4.85. The average Bonchev–Trinajstić information content (AvgIpc) is 2.16. The first-order valence-corrected chi connectivity index (χ1v) is 7.28. The average molecular weight is 301 g/mol. The lowest BCUT2D eigenvalue weighted by Crippen LogP contribution is -2.52. The molecule has 15 heavy (non-hydrogen) atoms. The number of rotatable bonds is 3. The first kappa shape index (κ1) is 13.4. The quantitative estimate of drug-likeness (QED) is 0.704. The Morgan fingerprint density at radius 2 is 2.07 bits per heavy atom. The van der Waals surface area contributed by atoms with Crippen LogP contribution in [0.2, 0.25) is 0 Å². The zero-order valence-electron chi connectivity index (χ0n) is 9.18. The second-order valence-electron chi connectivity index (χ2n) is 3.83. The van der Waals surface area contributed by atoms with E-state index in [9.17, 15) is 8.42 Å². The first-order valence-electron chi connectivity index (χ1n) is 4.77. The maximum absolute atomic E-state index is 11.9. The van der Waals surface area contributed by atoms with Crippen LogP contribution >= 0.6 is 15.9 Å². The van der Waals surface area contributed by atoms with Crippen LogP contribution < -0.4 is 0 Å². The summed E-state index contributed by atoms with van der Waals surface area (Å²) in [4.78, 5) is 0. The lowest BCUT2D eigenvalue weighted by molar-refractivity contribution is -0.0421. The van der Waals surface area contributed by atoms with Crippen molar-refractivity contribution in [3.05, 3.63) is 0 Å². The molecule has 1 aliphatic heterocycles. The molecular weight excluding hydrogens is 284 g/mol. The molecule has 2 unspecified atom stereocenters. The topological polar surface area (TPSA) is 49.9 Å². The van der Waals surface area contributed by atoms with Crippen LogP contribution in [0.15, 0.2) is 0 Å². The number of nitrogens with zero attached hydrogens (tertiary/aromatic N) is 2. The van der Waals surface area contributed by atoms with Crippen LogP contribution in [0.4, 0.5) is 0 Å². The van der Waals surface area contributed by atoms with Crippen LogP contribution in [0.25, 0.3) is 0 Å². The molecule has 1 rings (SSSR count). The third kappa shape index (κ3) is 3.13. The van der Waals surface area contributed by atoms with Crippen LogP contribution in [0.5, 0.6) is 0 Å². The molecule has 1 aliphatic rings. The highest BCUT2D eigenvalue weighted by Crippen LogP contribution is 2.17. The first-order chi connectivity index (χ1) is 6.87. The molecule has 0 bridgehead atoms. The molecule has 0 spiro atoms. The van der Waals surface area contributed by atoms with Crippen molar-refractivity contribution in [1.29, 1.82) is 0 Å². The van der Waals surface area contributed by atoms with Crippen LogP contribution in [-0.2, 0) is 14.9 Å². The highest BCUT2D eigenvalue weighted by atomic mass is 79.9. The third-order valence-electron chi connectivity index (χ3n) is 2.25. The molecule has 90 valence electrons. The zero-order valence-corrected chi connectivity index (χ0v) is 11.6. The molecule has 1 fully saturated rings. The SMILES string of the molecule is CC1CN(S(=O)(=O)N(C)C)CC(CBr)O1. The van der Waals surface area contributed by atoms with Gasteiger partial charge in [0.25, 0.3) is 10.2 Å². The van der Waals surface area contributed by atoms with E-state index >= 15 is 0 Å². The van der Waals surface area contributed by atoms with Gasteiger partial charge in [-0.2, -0.15) is 17.0 Å². The molecule has 0 saturated carbocycles. The molecule has 0 aromatic carbocycles. The fourth-order valence-electron chi connectivity index (χ4n) is 1.51. The minimum Gasteiger partial charge on any atom is -0.372 e. The monoisotopic (exact) mass is 300 g/mol. The van der Waals surface area contributed by atoms with E-state index < -0.39 is 10.2 Å². The summed E-state index contributed by atoms with van der Waals surface area (Å²) in [6, 6.07) is 0. The van der Waals surface area contributed by atoms with Crippen molar-refractivity contribution < 1.29 is 13.2 Å². The second-order valence-corrected chi connectivity index (χ2v) is 6.62. The van der Waals surface area contributed by atoms with Crippen LogP contribution in [0.1, 0.15) is 6.92 Å². The summed E-state index contributed by atoms with van der Waals surface area (Å²) in [5, 5.41) is 0.650. The van der Waals surface area contributed by atoms with Gasteiger partial charge in [0, 0.05) is 32.5 Å². The molecule has 0 radical (unpaired) electrons. The number of hydrogen-bond donors (Lipinski definition) is 0. The van der Waals surface area contributed by atoms with E-state index in [0.717, 1.165) is 0 Å². The summed E-state index contributed by atoms with van der Waals surface area (Å²) in [6.45, 7) is 2.72. The molecule has 0 aromatic heterocycles. The Balaban J connectivity index is 2.78. The Bertz CT molecular complexity index is 307. The molecule has 0 N–H and O–H groups in total. The van der Waals surface area contributed by atoms with Crippen molar-refractivity contribution in [3.8, 4) is 0 Å². The van der Waals surface area contributed by atoms with Gasteiger partial charge in [-0.05, 0) is 6.92 Å². The van der Waals surface area contributed by atoms with Gasteiger partial charge in [-0.3, -0.25) is 0 Å². The molecule has 7 heteroatoms. The highest BCUT2D eigenvalue weighted by molar-refractivity contribution is 9.09. The summed E-state index contributed by atoms with van der Waals surface area (Å²) in [5.41, 5.74) is 0. The second kappa shape index (κ2) is 5.09. The van der Waals surface area contributed by atoms with Crippen molar-refractivity contribution in [2.75, 3.05) is 32.5 Å². The number of halogens is 1. The fourth-order valence-corrected chi connectivity index (χ4v) is 3.08. The molecule has 0 aliphatic carbocycles. The Hall–Kier alpha value is 0.310. The van der Waals surface area contributed by atoms with E-state index in [-0.39, 0.29) is 12.2 Å². The Morgan fingerprint density at radius 1 is 1.47 bits per heavy atom. The Kier molecular flexibility index (Phi) is 4.54. The summed E-state index contributed by atoms with van der Waals surface area (Å²) in [7, 11) is -0.229. The molecule has 5 nitrogen and oxygen atoms in total. The van der Waals surface area contributed by atoms with Crippen LogP contribution in [0.3, 0.4) is 0 Å². The van der Waals surface area contributed by atoms with E-state index in [1.165, 1.54) is 8.61 Å². The van der Waals surface area contributed by atoms with Gasteiger partial charge in [0.05, 0.1) is 12.2 Å². The summed E-state index contributed by atoms with van der Waals surface area (Å²) in [6.07, 6.45) is -0.125. The van der Waals surface area contributed by atoms with Crippen molar-refractivity contribution in [2.24, 2.45) is 0 Å². The normalized spacial score (nSPS) is 29.7. The van der Waals surface area contributed by atoms with Gasteiger partial charge in [-0.1, -0.05) is 15.9 Å². The molecule has 1 saturated heterocycles. The Labute approximate surface area is 99.7 Å². The predicted octanol–water partition coefficient (Wildman–Crippen LogP) is 0.277. The Morgan fingerprint density at radius 3 is 2.53 bits per heavy atom. The highest BCUT2D eigenvalue weighted by Gasteiger charge is 2.33. The maximum atomic E-state index is 11.9. The number of morpholine rings is 1. The minimum atomic E-state index is -3.31. The van der Waals surface area contributed by atoms with Gasteiger partial charge in [0.15, 0.2) is 0 Å². The van der Waals surface area contributed by atoms with E-state index in [1.807, 2.05) is 6.92 Å². The molecule has 0 aromatic rings.